The van der Waals surface area contributed by atoms with Crippen molar-refractivity contribution in [2.75, 3.05) is 43.1 Å². The van der Waals surface area contributed by atoms with Crippen molar-refractivity contribution >= 4 is 46.3 Å². The van der Waals surface area contributed by atoms with Gasteiger partial charge in [-0.1, -0.05) is 42.5 Å². The van der Waals surface area contributed by atoms with Gasteiger partial charge in [0.15, 0.2) is 0 Å². The number of carbonyl (C=O) groups excluding carboxylic acids is 3. The predicted octanol–water partition coefficient (Wildman–Crippen LogP) is 3.75. The van der Waals surface area contributed by atoms with Gasteiger partial charge in [-0.2, -0.15) is 0 Å². The number of morpholine rings is 1. The molecule has 7 nitrogen and oxygen atoms in total. The van der Waals surface area contributed by atoms with E-state index in [0.29, 0.717) is 23.8 Å². The van der Waals surface area contributed by atoms with Crippen LogP contribution in [0.2, 0.25) is 0 Å². The minimum atomic E-state index is -0.462. The normalized spacial score (nSPS) is 18.1. The molecule has 4 rings (SSSR count). The summed E-state index contributed by atoms with van der Waals surface area (Å²) in [7, 11) is 0. The summed E-state index contributed by atoms with van der Waals surface area (Å²) in [6.45, 7) is 2.74. The maximum absolute atomic E-state index is 12.6. The maximum Gasteiger partial charge on any atom is 0.294 e. The van der Waals surface area contributed by atoms with Crippen LogP contribution >= 0.6 is 11.8 Å². The van der Waals surface area contributed by atoms with Crippen LogP contribution in [0.15, 0.2) is 71.7 Å². The highest BCUT2D eigenvalue weighted by Gasteiger charge is 2.35. The third-order valence-corrected chi connectivity index (χ3v) is 5.96. The van der Waals surface area contributed by atoms with Gasteiger partial charge >= 0.3 is 0 Å². The van der Waals surface area contributed by atoms with Crippen LogP contribution in [-0.4, -0.2) is 54.8 Å². The first-order valence-electron chi connectivity index (χ1n) is 10.3. The van der Waals surface area contributed by atoms with Gasteiger partial charge in [0.05, 0.1) is 18.1 Å². The van der Waals surface area contributed by atoms with Crippen LogP contribution in [0, 0.1) is 0 Å². The lowest BCUT2D eigenvalue weighted by Gasteiger charge is -2.28. The maximum atomic E-state index is 12.6. The molecule has 0 radical (unpaired) electrons. The largest absolute Gasteiger partial charge is 0.378 e. The smallest absolute Gasteiger partial charge is 0.294 e. The predicted molar refractivity (Wildman–Crippen MR) is 126 cm³/mol. The molecule has 3 amide bonds. The molecular weight excluding hydrogens is 426 g/mol. The second-order valence-electron chi connectivity index (χ2n) is 7.25. The fourth-order valence-electron chi connectivity index (χ4n) is 3.38. The SMILES string of the molecule is O=C(CN1C(=O)S/C(=C/C=C/c2ccccc2)C1=O)Nc1ccc(N2CCOCC2)cc1. The molecule has 2 aromatic rings. The molecule has 0 spiro atoms. The molecule has 1 N–H and O–H groups in total. The quantitative estimate of drug-likeness (QED) is 0.677. The summed E-state index contributed by atoms with van der Waals surface area (Å²) in [6, 6.07) is 17.1. The van der Waals surface area contributed by atoms with E-state index in [0.717, 1.165) is 41.0 Å². The van der Waals surface area contributed by atoms with E-state index in [1.807, 2.05) is 60.7 Å². The van der Waals surface area contributed by atoms with Crippen molar-refractivity contribution in [2.24, 2.45) is 0 Å². The second kappa shape index (κ2) is 10.3. The number of allylic oxidation sites excluding steroid dienone is 2. The first kappa shape index (κ1) is 21.9. The number of benzene rings is 2. The Hall–Kier alpha value is -3.36. The fraction of sp³-hybridized carbons (Fsp3) is 0.208. The van der Waals surface area contributed by atoms with Crippen molar-refractivity contribution in [3.05, 3.63) is 77.2 Å². The van der Waals surface area contributed by atoms with E-state index in [-0.39, 0.29) is 6.54 Å². The number of imide groups is 1. The molecule has 2 heterocycles. The van der Waals surface area contributed by atoms with Crippen LogP contribution in [0.4, 0.5) is 16.2 Å². The highest BCUT2D eigenvalue weighted by Crippen LogP contribution is 2.30. The molecule has 0 atom stereocenters. The van der Waals surface area contributed by atoms with E-state index >= 15 is 0 Å². The van der Waals surface area contributed by atoms with Gasteiger partial charge in [0.2, 0.25) is 5.91 Å². The van der Waals surface area contributed by atoms with Gasteiger partial charge in [-0.05, 0) is 47.7 Å². The molecule has 0 saturated carbocycles. The van der Waals surface area contributed by atoms with Crippen molar-refractivity contribution in [3.8, 4) is 0 Å². The van der Waals surface area contributed by atoms with Crippen LogP contribution in [-0.2, 0) is 14.3 Å². The topological polar surface area (TPSA) is 79.0 Å². The number of ether oxygens (including phenoxy) is 1. The van der Waals surface area contributed by atoms with E-state index in [2.05, 4.69) is 10.2 Å². The number of hydrogen-bond acceptors (Lipinski definition) is 6. The average molecular weight is 450 g/mol. The van der Waals surface area contributed by atoms with Crippen LogP contribution < -0.4 is 10.2 Å². The Kier molecular flexibility index (Phi) is 7.03. The van der Waals surface area contributed by atoms with E-state index < -0.39 is 17.1 Å². The first-order valence-corrected chi connectivity index (χ1v) is 11.1. The molecule has 2 aromatic carbocycles. The lowest BCUT2D eigenvalue weighted by molar-refractivity contribution is -0.127. The number of nitrogens with zero attached hydrogens (tertiary/aromatic N) is 2. The molecule has 0 aliphatic carbocycles. The number of anilines is 2. The van der Waals surface area contributed by atoms with Gasteiger partial charge in [-0.15, -0.1) is 0 Å². The Morgan fingerprint density at radius 2 is 1.75 bits per heavy atom. The summed E-state index contributed by atoms with van der Waals surface area (Å²) < 4.78 is 5.36. The van der Waals surface area contributed by atoms with Crippen LogP contribution in [0.5, 0.6) is 0 Å². The standard InChI is InChI=1S/C24H23N3O4S/c28-22(25-19-9-11-20(12-10-19)26-13-15-31-16-14-26)17-27-23(29)21(32-24(27)30)8-4-7-18-5-2-1-3-6-18/h1-12H,13-17H2,(H,25,28)/b7-4+,21-8+. The number of rotatable bonds is 6. The summed E-state index contributed by atoms with van der Waals surface area (Å²) in [5.74, 6) is -0.886. The third-order valence-electron chi connectivity index (χ3n) is 5.04. The van der Waals surface area contributed by atoms with Crippen LogP contribution in [0.25, 0.3) is 6.08 Å². The second-order valence-corrected chi connectivity index (χ2v) is 8.25. The number of carbonyl (C=O) groups is 3. The monoisotopic (exact) mass is 449 g/mol. The molecule has 2 aliphatic heterocycles. The molecule has 0 aromatic heterocycles. The van der Waals surface area contributed by atoms with E-state index in [4.69, 9.17) is 4.74 Å². The van der Waals surface area contributed by atoms with E-state index in [1.54, 1.807) is 12.2 Å². The summed E-state index contributed by atoms with van der Waals surface area (Å²) in [4.78, 5) is 40.7. The van der Waals surface area contributed by atoms with Crippen molar-refractivity contribution in [1.82, 2.24) is 4.90 Å². The lowest BCUT2D eigenvalue weighted by Crippen LogP contribution is -2.36. The van der Waals surface area contributed by atoms with Gasteiger partial charge in [-0.3, -0.25) is 19.3 Å². The van der Waals surface area contributed by atoms with E-state index in [9.17, 15) is 14.4 Å². The summed E-state index contributed by atoms with van der Waals surface area (Å²) >= 11 is 0.835. The van der Waals surface area contributed by atoms with Crippen molar-refractivity contribution in [1.29, 1.82) is 0 Å². The van der Waals surface area contributed by atoms with Crippen molar-refractivity contribution < 1.29 is 19.1 Å². The molecule has 2 saturated heterocycles. The Balaban J connectivity index is 1.32. The number of amides is 3. The molecule has 0 unspecified atom stereocenters. The van der Waals surface area contributed by atoms with Gasteiger partial charge < -0.3 is 15.0 Å². The van der Waals surface area contributed by atoms with Crippen LogP contribution in [0.3, 0.4) is 0 Å². The van der Waals surface area contributed by atoms with Crippen molar-refractivity contribution in [2.45, 2.75) is 0 Å². The fourth-order valence-corrected chi connectivity index (χ4v) is 4.17. The Labute approximate surface area is 190 Å². The summed E-state index contributed by atoms with van der Waals surface area (Å²) in [5, 5.41) is 2.30. The minimum Gasteiger partial charge on any atom is -0.378 e. The highest BCUT2D eigenvalue weighted by atomic mass is 32.2. The molecule has 2 fully saturated rings. The number of hydrogen-bond donors (Lipinski definition) is 1. The zero-order valence-corrected chi connectivity index (χ0v) is 18.2. The molecule has 32 heavy (non-hydrogen) atoms. The third kappa shape index (κ3) is 5.46. The zero-order valence-electron chi connectivity index (χ0n) is 17.4. The van der Waals surface area contributed by atoms with E-state index in [1.165, 1.54) is 0 Å². The molecule has 0 bridgehead atoms. The average Bonchev–Trinajstić information content (AvgIpc) is 3.08. The minimum absolute atomic E-state index is 0.296. The lowest BCUT2D eigenvalue weighted by atomic mass is 10.2. The molecule has 8 heteroatoms. The number of nitrogens with one attached hydrogen (secondary N) is 1. The molecule has 2 aliphatic rings. The van der Waals surface area contributed by atoms with Gasteiger partial charge in [0.25, 0.3) is 11.1 Å². The Morgan fingerprint density at radius 3 is 2.47 bits per heavy atom. The van der Waals surface area contributed by atoms with Gasteiger partial charge in [0, 0.05) is 24.5 Å². The first-order chi connectivity index (χ1) is 15.6. The summed E-state index contributed by atoms with van der Waals surface area (Å²) in [6.07, 6.45) is 5.17. The highest BCUT2D eigenvalue weighted by molar-refractivity contribution is 8.18. The molecule has 164 valence electrons. The Bertz CT molecular complexity index is 1040. The summed E-state index contributed by atoms with van der Waals surface area (Å²) in [5.41, 5.74) is 2.66. The van der Waals surface area contributed by atoms with Crippen molar-refractivity contribution in [3.63, 3.8) is 0 Å². The van der Waals surface area contributed by atoms with Crippen LogP contribution in [0.1, 0.15) is 5.56 Å². The zero-order chi connectivity index (χ0) is 22.3. The molecular formula is C24H23N3O4S. The number of thioether (sulfide) groups is 1. The van der Waals surface area contributed by atoms with Gasteiger partial charge in [0.1, 0.15) is 6.54 Å². The van der Waals surface area contributed by atoms with Gasteiger partial charge in [-0.25, -0.2) is 0 Å². The Morgan fingerprint density at radius 1 is 1.03 bits per heavy atom.